The van der Waals surface area contributed by atoms with Crippen LogP contribution in [0, 0.1) is 0 Å². The topological polar surface area (TPSA) is 74.4 Å². The molecule has 0 saturated carbocycles. The van der Waals surface area contributed by atoms with E-state index in [2.05, 4.69) is 15.0 Å². The molecule has 0 radical (unpaired) electrons. The number of carbonyl (C=O) groups excluding carboxylic acids is 1. The van der Waals surface area contributed by atoms with Crippen molar-refractivity contribution in [1.82, 2.24) is 24.2 Å². The number of nitrogens with zero attached hydrogens (tertiary/aromatic N) is 5. The summed E-state index contributed by atoms with van der Waals surface area (Å²) in [5.74, 6) is 0.253. The predicted octanol–water partition coefficient (Wildman–Crippen LogP) is 5.73. The fraction of sp³-hybridized carbons (Fsp3) is 0.414. The highest BCUT2D eigenvalue weighted by atomic mass is 35.5. The monoisotopic (exact) mass is 585 g/mol. The zero-order valence-corrected chi connectivity index (χ0v) is 23.7. The van der Waals surface area contributed by atoms with Crippen LogP contribution in [0.25, 0.3) is 22.0 Å². The average Bonchev–Trinajstić information content (AvgIpc) is 3.74. The number of hydrogen-bond donors (Lipinski definition) is 0. The number of benzene rings is 2. The minimum Gasteiger partial charge on any atom is -0.492 e. The number of esters is 1. The summed E-state index contributed by atoms with van der Waals surface area (Å²) in [6, 6.07) is 8.51. The molecular weight excluding hydrogens is 556 g/mol. The number of fused-ring (bicyclic) bond motifs is 2. The van der Waals surface area contributed by atoms with Crippen LogP contribution in [-0.4, -0.2) is 69.2 Å². The minimum absolute atomic E-state index is 0.176. The first-order valence-electron chi connectivity index (χ1n) is 13.6. The fourth-order valence-electron chi connectivity index (χ4n) is 5.58. The summed E-state index contributed by atoms with van der Waals surface area (Å²) in [6.45, 7) is 5.97. The molecule has 4 aromatic rings. The van der Waals surface area contributed by atoms with E-state index in [1.54, 1.807) is 30.1 Å². The number of carbonyl (C=O) groups is 1. The van der Waals surface area contributed by atoms with E-state index >= 15 is 0 Å². The van der Waals surface area contributed by atoms with Crippen molar-refractivity contribution in [3.8, 4) is 16.9 Å². The van der Waals surface area contributed by atoms with Gasteiger partial charge >= 0.3 is 5.97 Å². The maximum absolute atomic E-state index is 14.1. The van der Waals surface area contributed by atoms with Crippen LogP contribution >= 0.6 is 23.2 Å². The first-order valence-corrected chi connectivity index (χ1v) is 14.4. The minimum atomic E-state index is -1.02. The highest BCUT2D eigenvalue weighted by Gasteiger charge is 2.35. The van der Waals surface area contributed by atoms with E-state index in [9.17, 15) is 9.18 Å². The molecule has 0 spiro atoms. The summed E-state index contributed by atoms with van der Waals surface area (Å²) in [4.78, 5) is 20.0. The highest BCUT2D eigenvalue weighted by Crippen LogP contribution is 2.39. The van der Waals surface area contributed by atoms with Crippen molar-refractivity contribution in [2.45, 2.75) is 44.9 Å². The van der Waals surface area contributed by atoms with Crippen LogP contribution in [-0.2, 0) is 22.5 Å². The van der Waals surface area contributed by atoms with E-state index in [4.69, 9.17) is 32.7 Å². The molecule has 40 heavy (non-hydrogen) atoms. The standard InChI is InChI=1S/C29H30Cl2FN5O3/c1-2-39-29(38)28(27-24-13-19(32)15-36(24)17-33-27)37-16-22-23(30)14-21(25(31)26(22)34-37)18-5-7-20(8-6-18)40-12-11-35-9-3-4-10-35/h5-8,14,16-17,19,28H,2-4,9-13,15H2,1H3/t19-,28?/m1/s1. The van der Waals surface area contributed by atoms with Crippen molar-refractivity contribution < 1.29 is 18.7 Å². The molecule has 1 unspecified atom stereocenters. The smallest absolute Gasteiger partial charge is 0.337 e. The Kier molecular flexibility index (Phi) is 7.70. The molecule has 210 valence electrons. The van der Waals surface area contributed by atoms with Gasteiger partial charge in [-0.15, -0.1) is 0 Å². The number of rotatable bonds is 9. The van der Waals surface area contributed by atoms with Gasteiger partial charge in [0.25, 0.3) is 0 Å². The zero-order valence-electron chi connectivity index (χ0n) is 22.2. The first kappa shape index (κ1) is 27.1. The summed E-state index contributed by atoms with van der Waals surface area (Å²) in [5.41, 5.74) is 3.09. The Morgan fingerprint density at radius 3 is 2.73 bits per heavy atom. The summed E-state index contributed by atoms with van der Waals surface area (Å²) in [5, 5.41) is 6.12. The SMILES string of the molecule is CCOC(=O)C(c1ncn2c1C[C@@H](F)C2)n1cc2c(Cl)cc(-c3ccc(OCCN4CCCC4)cc3)c(Cl)c2n1. The van der Waals surface area contributed by atoms with E-state index in [-0.39, 0.29) is 19.6 Å². The van der Waals surface area contributed by atoms with Gasteiger partial charge in [0, 0.05) is 35.8 Å². The third kappa shape index (κ3) is 5.18. The Balaban J connectivity index is 1.30. The van der Waals surface area contributed by atoms with Gasteiger partial charge < -0.3 is 14.0 Å². The number of imidazole rings is 1. The fourth-order valence-corrected chi connectivity index (χ4v) is 6.13. The number of alkyl halides is 1. The van der Waals surface area contributed by atoms with Gasteiger partial charge in [0.2, 0.25) is 0 Å². The van der Waals surface area contributed by atoms with E-state index in [0.717, 1.165) is 30.9 Å². The first-order chi connectivity index (χ1) is 19.4. The summed E-state index contributed by atoms with van der Waals surface area (Å²) >= 11 is 13.6. The molecule has 2 aliphatic rings. The number of ether oxygens (including phenoxy) is 2. The Morgan fingerprint density at radius 2 is 1.98 bits per heavy atom. The molecule has 6 rings (SSSR count). The maximum Gasteiger partial charge on any atom is 0.337 e. The van der Waals surface area contributed by atoms with Gasteiger partial charge in [-0.2, -0.15) is 5.10 Å². The molecule has 0 aliphatic carbocycles. The number of likely N-dealkylation sites (tertiary alicyclic amines) is 1. The van der Waals surface area contributed by atoms with Gasteiger partial charge in [0.1, 0.15) is 24.0 Å². The molecular formula is C29H30Cl2FN5O3. The molecule has 1 fully saturated rings. The van der Waals surface area contributed by atoms with Crippen LogP contribution in [0.2, 0.25) is 10.0 Å². The van der Waals surface area contributed by atoms with Crippen LogP contribution in [0.4, 0.5) is 4.39 Å². The molecule has 0 amide bonds. The van der Waals surface area contributed by atoms with Crippen molar-refractivity contribution in [2.24, 2.45) is 0 Å². The van der Waals surface area contributed by atoms with Gasteiger partial charge in [-0.05, 0) is 56.6 Å². The van der Waals surface area contributed by atoms with Crippen molar-refractivity contribution >= 4 is 40.1 Å². The third-order valence-corrected chi connectivity index (χ3v) is 8.26. The molecule has 4 heterocycles. The lowest BCUT2D eigenvalue weighted by molar-refractivity contribution is -0.146. The summed E-state index contributed by atoms with van der Waals surface area (Å²) < 4.78 is 28.6. The lowest BCUT2D eigenvalue weighted by atomic mass is 10.0. The van der Waals surface area contributed by atoms with Crippen molar-refractivity contribution in [1.29, 1.82) is 0 Å². The van der Waals surface area contributed by atoms with Gasteiger partial charge in [0.05, 0.1) is 35.2 Å². The normalized spacial score (nSPS) is 17.9. The molecule has 0 N–H and O–H groups in total. The van der Waals surface area contributed by atoms with Crippen molar-refractivity contribution in [3.63, 3.8) is 0 Å². The summed E-state index contributed by atoms with van der Waals surface area (Å²) in [7, 11) is 0. The molecule has 11 heteroatoms. The van der Waals surface area contributed by atoms with E-state index < -0.39 is 18.2 Å². The lowest BCUT2D eigenvalue weighted by Crippen LogP contribution is -2.25. The summed E-state index contributed by atoms with van der Waals surface area (Å²) in [6.07, 6.45) is 4.89. The van der Waals surface area contributed by atoms with Crippen LogP contribution < -0.4 is 4.74 Å². The van der Waals surface area contributed by atoms with Crippen LogP contribution in [0.1, 0.15) is 37.2 Å². The number of hydrogen-bond acceptors (Lipinski definition) is 6. The van der Waals surface area contributed by atoms with Gasteiger partial charge in [-0.25, -0.2) is 14.2 Å². The Morgan fingerprint density at radius 1 is 1.20 bits per heavy atom. The highest BCUT2D eigenvalue weighted by molar-refractivity contribution is 6.42. The van der Waals surface area contributed by atoms with Crippen molar-refractivity contribution in [3.05, 3.63) is 64.3 Å². The number of aromatic nitrogens is 4. The Hall–Kier alpha value is -3.14. The van der Waals surface area contributed by atoms with Crippen LogP contribution in [0.3, 0.4) is 0 Å². The second-order valence-electron chi connectivity index (χ2n) is 10.2. The van der Waals surface area contributed by atoms with E-state index in [1.807, 2.05) is 24.3 Å². The van der Waals surface area contributed by atoms with E-state index in [0.29, 0.717) is 44.5 Å². The third-order valence-electron chi connectivity index (χ3n) is 7.57. The molecule has 2 aliphatic heterocycles. The Labute approximate surface area is 241 Å². The second-order valence-corrected chi connectivity index (χ2v) is 11.0. The molecule has 8 nitrogen and oxygen atoms in total. The quantitative estimate of drug-likeness (QED) is 0.234. The predicted molar refractivity (Wildman–Crippen MR) is 152 cm³/mol. The van der Waals surface area contributed by atoms with Gasteiger partial charge in [-0.3, -0.25) is 9.58 Å². The molecule has 1 saturated heterocycles. The number of halogens is 3. The van der Waals surface area contributed by atoms with Crippen LogP contribution in [0.15, 0.2) is 42.9 Å². The zero-order chi connectivity index (χ0) is 27.8. The van der Waals surface area contributed by atoms with Crippen molar-refractivity contribution in [2.75, 3.05) is 32.8 Å². The maximum atomic E-state index is 14.1. The lowest BCUT2D eigenvalue weighted by Gasteiger charge is -2.15. The van der Waals surface area contributed by atoms with E-state index in [1.165, 1.54) is 17.5 Å². The Bertz CT molecular complexity index is 1530. The van der Waals surface area contributed by atoms with Gasteiger partial charge in [0.15, 0.2) is 6.04 Å². The molecule has 2 aromatic carbocycles. The average molecular weight is 586 g/mol. The second kappa shape index (κ2) is 11.4. The molecule has 2 atom stereocenters. The molecule has 2 aromatic heterocycles. The molecule has 0 bridgehead atoms. The largest absolute Gasteiger partial charge is 0.492 e. The van der Waals surface area contributed by atoms with Gasteiger partial charge in [-0.1, -0.05) is 35.3 Å². The van der Waals surface area contributed by atoms with Crippen LogP contribution in [0.5, 0.6) is 5.75 Å².